The summed E-state index contributed by atoms with van der Waals surface area (Å²) in [5.41, 5.74) is 0.905. The van der Waals surface area contributed by atoms with Crippen molar-refractivity contribution < 1.29 is 9.53 Å². The number of carbonyl (C=O) groups excluding carboxylic acids is 1. The molecular weight excluding hydrogens is 296 g/mol. The van der Waals surface area contributed by atoms with Gasteiger partial charge in [-0.15, -0.1) is 11.3 Å². The number of nitrogens with zero attached hydrogens (tertiary/aromatic N) is 1. The zero-order valence-corrected chi connectivity index (χ0v) is 15.5. The van der Waals surface area contributed by atoms with Crippen molar-refractivity contribution in [2.45, 2.75) is 59.6 Å². The Kier molecular flexibility index (Phi) is 7.36. The fourth-order valence-corrected chi connectivity index (χ4v) is 3.17. The van der Waals surface area contributed by atoms with Crippen molar-refractivity contribution in [3.8, 4) is 0 Å². The van der Waals surface area contributed by atoms with Gasteiger partial charge < -0.3 is 15.0 Å². The lowest BCUT2D eigenvalue weighted by molar-refractivity contribution is 0.0258. The summed E-state index contributed by atoms with van der Waals surface area (Å²) in [5, 5.41) is 5.65. The average molecular weight is 327 g/mol. The van der Waals surface area contributed by atoms with Crippen LogP contribution in [-0.2, 0) is 4.74 Å². The van der Waals surface area contributed by atoms with Crippen LogP contribution in [0.4, 0.5) is 4.79 Å². The highest BCUT2D eigenvalue weighted by Gasteiger charge is 2.20. The Morgan fingerprint density at radius 1 is 1.45 bits per heavy atom. The molecule has 0 saturated heterocycles. The second-order valence-electron chi connectivity index (χ2n) is 6.56. The lowest BCUT2D eigenvalue weighted by Crippen LogP contribution is -2.38. The molecule has 0 radical (unpaired) electrons. The summed E-state index contributed by atoms with van der Waals surface area (Å²) in [6.07, 6.45) is 0.694. The summed E-state index contributed by atoms with van der Waals surface area (Å²) < 4.78 is 5.41. The monoisotopic (exact) mass is 326 g/mol. The second-order valence-corrected chi connectivity index (χ2v) is 7.50. The minimum absolute atomic E-state index is 0.225. The van der Waals surface area contributed by atoms with E-state index in [4.69, 9.17) is 4.74 Å². The van der Waals surface area contributed by atoms with Gasteiger partial charge in [0, 0.05) is 24.0 Å². The van der Waals surface area contributed by atoms with Gasteiger partial charge in [-0.05, 0) is 71.5 Å². The molecular formula is C17H30N2O2S. The Bertz CT molecular complexity index is 465. The number of rotatable bonds is 7. The highest BCUT2D eigenvalue weighted by molar-refractivity contribution is 7.10. The molecule has 0 aromatic carbocycles. The van der Waals surface area contributed by atoms with Crippen molar-refractivity contribution in [3.05, 3.63) is 21.9 Å². The number of hydrogen-bond donors (Lipinski definition) is 1. The molecule has 1 aromatic rings. The summed E-state index contributed by atoms with van der Waals surface area (Å²) in [6, 6.07) is 2.51. The molecule has 126 valence electrons. The van der Waals surface area contributed by atoms with Gasteiger partial charge in [-0.2, -0.15) is 0 Å². The third kappa shape index (κ3) is 6.36. The quantitative estimate of drug-likeness (QED) is 0.757. The van der Waals surface area contributed by atoms with E-state index < -0.39 is 5.60 Å². The molecule has 1 atom stereocenters. The van der Waals surface area contributed by atoms with Gasteiger partial charge in [0.1, 0.15) is 5.60 Å². The van der Waals surface area contributed by atoms with Crippen LogP contribution >= 0.6 is 11.3 Å². The molecule has 5 heteroatoms. The Morgan fingerprint density at radius 2 is 2.14 bits per heavy atom. The smallest absolute Gasteiger partial charge is 0.410 e. The lowest BCUT2D eigenvalue weighted by atomic mass is 10.2. The molecule has 0 fully saturated rings. The Hall–Kier alpha value is -1.07. The van der Waals surface area contributed by atoms with Crippen LogP contribution in [0.1, 0.15) is 57.5 Å². The van der Waals surface area contributed by atoms with E-state index in [1.54, 1.807) is 16.2 Å². The van der Waals surface area contributed by atoms with Gasteiger partial charge in [-0.1, -0.05) is 0 Å². The fourth-order valence-electron chi connectivity index (χ4n) is 2.21. The number of carbonyl (C=O) groups is 1. The number of aryl methyl sites for hydroxylation is 1. The van der Waals surface area contributed by atoms with Gasteiger partial charge in [0.2, 0.25) is 0 Å². The van der Waals surface area contributed by atoms with Crippen molar-refractivity contribution in [1.82, 2.24) is 10.2 Å². The molecule has 1 N–H and O–H groups in total. The first-order valence-corrected chi connectivity index (χ1v) is 8.88. The zero-order valence-electron chi connectivity index (χ0n) is 14.7. The number of thiophene rings is 1. The van der Waals surface area contributed by atoms with Gasteiger partial charge in [-0.25, -0.2) is 4.79 Å². The molecule has 0 saturated carbocycles. The topological polar surface area (TPSA) is 41.6 Å². The van der Waals surface area contributed by atoms with E-state index in [0.29, 0.717) is 19.1 Å². The van der Waals surface area contributed by atoms with Crippen molar-refractivity contribution in [2.24, 2.45) is 0 Å². The first kappa shape index (κ1) is 19.0. The SMILES string of the molecule is CCN(CCCNC(C)c1sccc1C)C(=O)OC(C)(C)C. The van der Waals surface area contributed by atoms with Crippen molar-refractivity contribution in [3.63, 3.8) is 0 Å². The molecule has 0 bridgehead atoms. The fraction of sp³-hybridized carbons (Fsp3) is 0.706. The van der Waals surface area contributed by atoms with Crippen LogP contribution < -0.4 is 5.32 Å². The van der Waals surface area contributed by atoms with Gasteiger partial charge in [0.15, 0.2) is 0 Å². The largest absolute Gasteiger partial charge is 0.444 e. The Labute approximate surface area is 138 Å². The third-order valence-corrected chi connectivity index (χ3v) is 4.59. The van der Waals surface area contributed by atoms with Gasteiger partial charge in [0.05, 0.1) is 0 Å². The number of ether oxygens (including phenoxy) is 1. The van der Waals surface area contributed by atoms with Crippen molar-refractivity contribution in [2.75, 3.05) is 19.6 Å². The summed E-state index contributed by atoms with van der Waals surface area (Å²) in [4.78, 5) is 15.2. The highest BCUT2D eigenvalue weighted by atomic mass is 32.1. The maximum atomic E-state index is 12.0. The van der Waals surface area contributed by atoms with E-state index in [-0.39, 0.29) is 6.09 Å². The minimum atomic E-state index is -0.437. The van der Waals surface area contributed by atoms with Crippen molar-refractivity contribution in [1.29, 1.82) is 0 Å². The molecule has 22 heavy (non-hydrogen) atoms. The summed E-state index contributed by atoms with van der Waals surface area (Å²) in [7, 11) is 0. The van der Waals surface area contributed by atoms with Crippen LogP contribution in [-0.4, -0.2) is 36.2 Å². The Balaban J connectivity index is 2.33. The molecule has 1 heterocycles. The normalized spacial score (nSPS) is 13.0. The van der Waals surface area contributed by atoms with Crippen LogP contribution in [0.3, 0.4) is 0 Å². The zero-order chi connectivity index (χ0) is 16.8. The predicted octanol–water partition coefficient (Wildman–Crippen LogP) is 4.35. The number of hydrogen-bond acceptors (Lipinski definition) is 4. The molecule has 1 amide bonds. The van der Waals surface area contributed by atoms with Crippen LogP contribution in [0.15, 0.2) is 11.4 Å². The van der Waals surface area contributed by atoms with E-state index in [9.17, 15) is 4.79 Å². The standard InChI is InChI=1S/C17H30N2O2S/c1-7-19(16(20)21-17(4,5)6)11-8-10-18-14(3)15-13(2)9-12-22-15/h9,12,14,18H,7-8,10-11H2,1-6H3. The third-order valence-electron chi connectivity index (χ3n) is 3.38. The molecule has 0 aliphatic carbocycles. The van der Waals surface area contributed by atoms with Crippen molar-refractivity contribution >= 4 is 17.4 Å². The number of nitrogens with one attached hydrogen (secondary N) is 1. The van der Waals surface area contributed by atoms with Gasteiger partial charge in [-0.3, -0.25) is 0 Å². The van der Waals surface area contributed by atoms with E-state index in [2.05, 4.69) is 30.6 Å². The maximum Gasteiger partial charge on any atom is 0.410 e. The van der Waals surface area contributed by atoms with E-state index >= 15 is 0 Å². The molecule has 1 unspecified atom stereocenters. The van der Waals surface area contributed by atoms with E-state index in [1.165, 1.54) is 10.4 Å². The van der Waals surface area contributed by atoms with E-state index in [0.717, 1.165) is 13.0 Å². The first-order valence-electron chi connectivity index (χ1n) is 8.00. The minimum Gasteiger partial charge on any atom is -0.444 e. The summed E-state index contributed by atoms with van der Waals surface area (Å²) >= 11 is 1.79. The second kappa shape index (κ2) is 8.53. The summed E-state index contributed by atoms with van der Waals surface area (Å²) in [6.45, 7) is 14.3. The Morgan fingerprint density at radius 3 is 2.64 bits per heavy atom. The molecule has 1 rings (SSSR count). The molecule has 0 aliphatic heterocycles. The lowest BCUT2D eigenvalue weighted by Gasteiger charge is -2.26. The molecule has 4 nitrogen and oxygen atoms in total. The molecule has 1 aromatic heterocycles. The summed E-state index contributed by atoms with van der Waals surface area (Å²) in [5.74, 6) is 0. The number of amides is 1. The van der Waals surface area contributed by atoms with Gasteiger partial charge >= 0.3 is 6.09 Å². The van der Waals surface area contributed by atoms with Gasteiger partial charge in [0.25, 0.3) is 0 Å². The highest BCUT2D eigenvalue weighted by Crippen LogP contribution is 2.23. The van der Waals surface area contributed by atoms with Crippen LogP contribution in [0.2, 0.25) is 0 Å². The predicted molar refractivity (Wildman–Crippen MR) is 93.6 cm³/mol. The van der Waals surface area contributed by atoms with Crippen LogP contribution in [0.5, 0.6) is 0 Å². The van der Waals surface area contributed by atoms with E-state index in [1.807, 2.05) is 27.7 Å². The molecule has 0 aliphatic rings. The maximum absolute atomic E-state index is 12.0. The van der Waals surface area contributed by atoms with Crippen LogP contribution in [0.25, 0.3) is 0 Å². The first-order chi connectivity index (χ1) is 10.2. The van der Waals surface area contributed by atoms with Crippen LogP contribution in [0, 0.1) is 6.92 Å². The average Bonchev–Trinajstić information content (AvgIpc) is 2.82. The molecule has 0 spiro atoms.